The standard InChI is InChI=1S/C21H32N4OS.HI/c1-4-27(26)18-9-6-8-17(13-18)25-21(22-3)23-12-11-16-14-24-20-15(2)7-5-10-19(16)20;/h5,7,10,14,17-18,24H,4,6,8-9,11-13H2,1-3H3,(H2,22,23,25);1H. The van der Waals surface area contributed by atoms with Crippen LogP contribution in [0.25, 0.3) is 10.9 Å². The van der Waals surface area contributed by atoms with Gasteiger partial charge in [0.25, 0.3) is 0 Å². The van der Waals surface area contributed by atoms with Crippen molar-refractivity contribution in [2.24, 2.45) is 4.99 Å². The Balaban J connectivity index is 0.00000280. The van der Waals surface area contributed by atoms with Gasteiger partial charge in [0, 0.05) is 58.5 Å². The zero-order chi connectivity index (χ0) is 19.2. The van der Waals surface area contributed by atoms with E-state index in [1.54, 1.807) is 0 Å². The van der Waals surface area contributed by atoms with Gasteiger partial charge < -0.3 is 15.6 Å². The number of aromatic amines is 1. The van der Waals surface area contributed by atoms with Crippen molar-refractivity contribution in [3.8, 4) is 0 Å². The number of hydrogen-bond donors (Lipinski definition) is 3. The molecule has 3 rings (SSSR count). The first kappa shape index (κ1) is 23.2. The highest BCUT2D eigenvalue weighted by molar-refractivity contribution is 14.0. The van der Waals surface area contributed by atoms with Crippen molar-refractivity contribution < 1.29 is 4.21 Å². The van der Waals surface area contributed by atoms with Crippen LogP contribution >= 0.6 is 24.0 Å². The fourth-order valence-electron chi connectivity index (χ4n) is 4.02. The molecule has 1 fully saturated rings. The predicted octanol–water partition coefficient (Wildman–Crippen LogP) is 3.88. The average molecular weight is 516 g/mol. The Labute approximate surface area is 188 Å². The highest BCUT2D eigenvalue weighted by Gasteiger charge is 2.26. The summed E-state index contributed by atoms with van der Waals surface area (Å²) in [6.07, 6.45) is 7.38. The normalized spacial score (nSPS) is 21.2. The first-order chi connectivity index (χ1) is 13.1. The second-order valence-corrected chi connectivity index (χ2v) is 9.37. The van der Waals surface area contributed by atoms with Gasteiger partial charge in [-0.25, -0.2) is 0 Å². The molecule has 1 aromatic heterocycles. The smallest absolute Gasteiger partial charge is 0.191 e. The number of nitrogens with one attached hydrogen (secondary N) is 3. The quantitative estimate of drug-likeness (QED) is 0.310. The van der Waals surface area contributed by atoms with Gasteiger partial charge in [0.15, 0.2) is 5.96 Å². The number of fused-ring (bicyclic) bond motifs is 1. The molecule has 156 valence electrons. The maximum atomic E-state index is 12.1. The van der Waals surface area contributed by atoms with Crippen LogP contribution in [0.2, 0.25) is 0 Å². The Kier molecular flexibility index (Phi) is 9.27. The molecule has 1 aliphatic rings. The molecule has 0 amide bonds. The molecular formula is C21H33IN4OS. The van der Waals surface area contributed by atoms with Crippen molar-refractivity contribution in [3.63, 3.8) is 0 Å². The molecule has 0 spiro atoms. The summed E-state index contributed by atoms with van der Waals surface area (Å²) in [4.78, 5) is 7.77. The summed E-state index contributed by atoms with van der Waals surface area (Å²) in [5, 5.41) is 8.61. The lowest BCUT2D eigenvalue weighted by Crippen LogP contribution is -2.47. The van der Waals surface area contributed by atoms with Crippen LogP contribution < -0.4 is 10.6 Å². The number of H-pyrrole nitrogens is 1. The third kappa shape index (κ3) is 5.72. The van der Waals surface area contributed by atoms with Crippen molar-refractivity contribution in [2.75, 3.05) is 19.3 Å². The van der Waals surface area contributed by atoms with E-state index in [2.05, 4.69) is 51.9 Å². The number of halogens is 1. The summed E-state index contributed by atoms with van der Waals surface area (Å²) in [6.45, 7) is 4.98. The monoisotopic (exact) mass is 516 g/mol. The van der Waals surface area contributed by atoms with Gasteiger partial charge in [0.1, 0.15) is 0 Å². The second-order valence-electron chi connectivity index (χ2n) is 7.36. The number of rotatable bonds is 6. The molecule has 5 nitrogen and oxygen atoms in total. The van der Waals surface area contributed by atoms with Crippen LogP contribution in [-0.2, 0) is 17.2 Å². The molecular weight excluding hydrogens is 483 g/mol. The van der Waals surface area contributed by atoms with Crippen LogP contribution in [0.1, 0.15) is 43.7 Å². The number of nitrogens with zero attached hydrogens (tertiary/aromatic N) is 1. The maximum Gasteiger partial charge on any atom is 0.191 e. The zero-order valence-corrected chi connectivity index (χ0v) is 20.2. The summed E-state index contributed by atoms with van der Waals surface area (Å²) in [6, 6.07) is 6.79. The molecule has 1 aromatic carbocycles. The lowest BCUT2D eigenvalue weighted by molar-refractivity contribution is 0.413. The molecule has 28 heavy (non-hydrogen) atoms. The second kappa shape index (κ2) is 11.2. The molecule has 1 aliphatic carbocycles. The average Bonchev–Trinajstić information content (AvgIpc) is 3.11. The molecule has 1 saturated carbocycles. The van der Waals surface area contributed by atoms with Crippen molar-refractivity contribution in [2.45, 2.75) is 57.2 Å². The number of aryl methyl sites for hydroxylation is 1. The van der Waals surface area contributed by atoms with Crippen LogP contribution in [-0.4, -0.2) is 45.8 Å². The molecule has 1 heterocycles. The van der Waals surface area contributed by atoms with Gasteiger partial charge in [-0.1, -0.05) is 31.5 Å². The highest BCUT2D eigenvalue weighted by Crippen LogP contribution is 2.23. The molecule has 7 heteroatoms. The van der Waals surface area contributed by atoms with Gasteiger partial charge in [-0.05, 0) is 43.7 Å². The van der Waals surface area contributed by atoms with E-state index in [1.807, 2.05) is 14.0 Å². The van der Waals surface area contributed by atoms with Gasteiger partial charge in [0.2, 0.25) is 0 Å². The molecule has 3 N–H and O–H groups in total. The minimum absolute atomic E-state index is 0. The minimum Gasteiger partial charge on any atom is -0.361 e. The summed E-state index contributed by atoms with van der Waals surface area (Å²) in [5.41, 5.74) is 3.83. The Hall–Kier alpha value is -1.09. The predicted molar refractivity (Wildman–Crippen MR) is 131 cm³/mol. The molecule has 0 bridgehead atoms. The fourth-order valence-corrected chi connectivity index (χ4v) is 5.37. The molecule has 3 unspecified atom stereocenters. The van der Waals surface area contributed by atoms with E-state index < -0.39 is 10.8 Å². The lowest BCUT2D eigenvalue weighted by atomic mass is 9.95. The third-order valence-corrected chi connectivity index (χ3v) is 7.28. The van der Waals surface area contributed by atoms with Crippen molar-refractivity contribution >= 4 is 51.6 Å². The Morgan fingerprint density at radius 2 is 2.18 bits per heavy atom. The van der Waals surface area contributed by atoms with E-state index in [1.165, 1.54) is 22.0 Å². The van der Waals surface area contributed by atoms with Gasteiger partial charge in [-0.2, -0.15) is 0 Å². The van der Waals surface area contributed by atoms with Crippen molar-refractivity contribution in [1.29, 1.82) is 0 Å². The summed E-state index contributed by atoms with van der Waals surface area (Å²) in [7, 11) is 1.12. The summed E-state index contributed by atoms with van der Waals surface area (Å²) in [5.74, 6) is 1.60. The number of guanidine groups is 1. The number of benzene rings is 1. The van der Waals surface area contributed by atoms with E-state index >= 15 is 0 Å². The third-order valence-electron chi connectivity index (χ3n) is 5.54. The number of para-hydroxylation sites is 1. The fraction of sp³-hybridized carbons (Fsp3) is 0.571. The van der Waals surface area contributed by atoms with Crippen LogP contribution in [0.15, 0.2) is 29.4 Å². The van der Waals surface area contributed by atoms with Crippen molar-refractivity contribution in [1.82, 2.24) is 15.6 Å². The van der Waals surface area contributed by atoms with E-state index in [0.29, 0.717) is 11.3 Å². The minimum atomic E-state index is -0.696. The largest absolute Gasteiger partial charge is 0.361 e. The maximum absolute atomic E-state index is 12.1. The van der Waals surface area contributed by atoms with Crippen LogP contribution in [0, 0.1) is 6.92 Å². The summed E-state index contributed by atoms with van der Waals surface area (Å²) < 4.78 is 12.1. The number of aliphatic imine (C=N–C) groups is 1. The van der Waals surface area contributed by atoms with Gasteiger partial charge >= 0.3 is 0 Å². The van der Waals surface area contributed by atoms with Gasteiger partial charge in [-0.3, -0.25) is 9.20 Å². The molecule has 2 aromatic rings. The first-order valence-electron chi connectivity index (χ1n) is 10.0. The Morgan fingerprint density at radius 3 is 2.93 bits per heavy atom. The molecule has 0 saturated heterocycles. The molecule has 0 radical (unpaired) electrons. The van der Waals surface area contributed by atoms with Gasteiger partial charge in [-0.15, -0.1) is 24.0 Å². The van der Waals surface area contributed by atoms with Gasteiger partial charge in [0.05, 0.1) is 0 Å². The zero-order valence-electron chi connectivity index (χ0n) is 17.1. The number of aromatic nitrogens is 1. The van der Waals surface area contributed by atoms with E-state index in [4.69, 9.17) is 0 Å². The lowest BCUT2D eigenvalue weighted by Gasteiger charge is -2.30. The first-order valence-corrected chi connectivity index (χ1v) is 11.4. The number of hydrogen-bond acceptors (Lipinski definition) is 2. The SMILES string of the molecule is CCS(=O)C1CCCC(NC(=NC)NCCc2c[nH]c3c(C)cccc23)C1.I. The Morgan fingerprint density at radius 1 is 1.36 bits per heavy atom. The van der Waals surface area contributed by atoms with Crippen LogP contribution in [0.5, 0.6) is 0 Å². The summed E-state index contributed by atoms with van der Waals surface area (Å²) >= 11 is 0. The van der Waals surface area contributed by atoms with Crippen LogP contribution in [0.3, 0.4) is 0 Å². The van der Waals surface area contributed by atoms with Crippen molar-refractivity contribution in [3.05, 3.63) is 35.5 Å². The Bertz CT molecular complexity index is 820. The van der Waals surface area contributed by atoms with E-state index in [9.17, 15) is 4.21 Å². The highest BCUT2D eigenvalue weighted by atomic mass is 127. The molecule has 3 atom stereocenters. The topological polar surface area (TPSA) is 69.3 Å². The molecule has 0 aliphatic heterocycles. The van der Waals surface area contributed by atoms with E-state index in [-0.39, 0.29) is 24.0 Å². The van der Waals surface area contributed by atoms with E-state index in [0.717, 1.165) is 50.4 Å². The van der Waals surface area contributed by atoms with Crippen LogP contribution in [0.4, 0.5) is 0 Å².